The van der Waals surface area contributed by atoms with Gasteiger partial charge < -0.3 is 10.2 Å². The fourth-order valence-corrected chi connectivity index (χ4v) is 3.77. The fourth-order valence-electron chi connectivity index (χ4n) is 3.77. The van der Waals surface area contributed by atoms with Gasteiger partial charge in [0.2, 0.25) is 0 Å². The Bertz CT molecular complexity index is 1030. The average Bonchev–Trinajstić information content (AvgIpc) is 3.47. The lowest BCUT2D eigenvalue weighted by Gasteiger charge is -2.33. The number of carbonyl (C=O) groups is 1. The Hall–Kier alpha value is -3.03. The standard InChI is InChI=1S/C20H21FN6O/c21-16-6-2-1-5-15(16)20(28)22-14-4-3-11-26(12-14)18-10-9-17-23-24-19(13-7-8-13)27(17)25-18/h1-2,5-6,9-10,13-14H,3-4,7-8,11-12H2,(H,22,28). The van der Waals surface area contributed by atoms with E-state index in [2.05, 4.69) is 20.4 Å². The zero-order valence-corrected chi connectivity index (χ0v) is 15.4. The fraction of sp³-hybridized carbons (Fsp3) is 0.400. The van der Waals surface area contributed by atoms with E-state index in [0.29, 0.717) is 12.5 Å². The van der Waals surface area contributed by atoms with E-state index in [9.17, 15) is 9.18 Å². The first-order valence-corrected chi connectivity index (χ1v) is 9.72. The minimum Gasteiger partial charge on any atom is -0.353 e. The van der Waals surface area contributed by atoms with Crippen LogP contribution in [0.25, 0.3) is 5.65 Å². The molecule has 0 spiro atoms. The number of rotatable bonds is 4. The highest BCUT2D eigenvalue weighted by Gasteiger charge is 2.30. The summed E-state index contributed by atoms with van der Waals surface area (Å²) in [7, 11) is 0. The van der Waals surface area contributed by atoms with Crippen LogP contribution in [-0.4, -0.2) is 44.8 Å². The Kier molecular flexibility index (Phi) is 4.18. The molecule has 1 amide bonds. The zero-order chi connectivity index (χ0) is 19.1. The minimum atomic E-state index is -0.500. The third kappa shape index (κ3) is 3.19. The summed E-state index contributed by atoms with van der Waals surface area (Å²) in [6.45, 7) is 1.51. The lowest BCUT2D eigenvalue weighted by molar-refractivity contribution is 0.0929. The Balaban J connectivity index is 1.33. The van der Waals surface area contributed by atoms with Crippen molar-refractivity contribution in [2.24, 2.45) is 0 Å². The second kappa shape index (κ2) is 6.85. The van der Waals surface area contributed by atoms with E-state index in [1.165, 1.54) is 12.1 Å². The van der Waals surface area contributed by atoms with Crippen LogP contribution in [0, 0.1) is 5.82 Å². The summed E-state index contributed by atoms with van der Waals surface area (Å²) in [5.74, 6) is 1.37. The maximum atomic E-state index is 13.9. The zero-order valence-electron chi connectivity index (χ0n) is 15.4. The van der Waals surface area contributed by atoms with Crippen LogP contribution >= 0.6 is 0 Å². The van der Waals surface area contributed by atoms with Gasteiger partial charge in [0.05, 0.1) is 5.56 Å². The van der Waals surface area contributed by atoms with E-state index in [4.69, 9.17) is 5.10 Å². The van der Waals surface area contributed by atoms with Gasteiger partial charge in [-0.25, -0.2) is 4.39 Å². The second-order valence-electron chi connectivity index (χ2n) is 7.53. The van der Waals surface area contributed by atoms with Gasteiger partial charge in [-0.05, 0) is 49.9 Å². The molecule has 7 nitrogen and oxygen atoms in total. The van der Waals surface area contributed by atoms with Crippen molar-refractivity contribution < 1.29 is 9.18 Å². The van der Waals surface area contributed by atoms with Crippen molar-refractivity contribution in [2.45, 2.75) is 37.6 Å². The Labute approximate surface area is 161 Å². The van der Waals surface area contributed by atoms with Crippen LogP contribution in [0.3, 0.4) is 0 Å². The highest BCUT2D eigenvalue weighted by atomic mass is 19.1. The molecule has 1 aliphatic carbocycles. The maximum Gasteiger partial charge on any atom is 0.254 e. The SMILES string of the molecule is O=C(NC1CCCN(c2ccc3nnc(C4CC4)n3n2)C1)c1ccccc1F. The molecule has 8 heteroatoms. The Morgan fingerprint density at radius 2 is 1.96 bits per heavy atom. The number of halogens is 1. The predicted molar refractivity (Wildman–Crippen MR) is 102 cm³/mol. The summed E-state index contributed by atoms with van der Waals surface area (Å²) in [4.78, 5) is 14.6. The number of carbonyl (C=O) groups excluding carboxylic acids is 1. The van der Waals surface area contributed by atoms with Crippen LogP contribution in [0.1, 0.15) is 47.8 Å². The highest BCUT2D eigenvalue weighted by molar-refractivity contribution is 5.94. The van der Waals surface area contributed by atoms with Gasteiger partial charge in [-0.15, -0.1) is 15.3 Å². The summed E-state index contributed by atoms with van der Waals surface area (Å²) in [5, 5.41) is 16.2. The van der Waals surface area contributed by atoms with Gasteiger partial charge in [-0.2, -0.15) is 4.52 Å². The normalized spacial score (nSPS) is 19.8. The van der Waals surface area contributed by atoms with Crippen molar-refractivity contribution >= 4 is 17.4 Å². The van der Waals surface area contributed by atoms with Gasteiger partial charge in [0, 0.05) is 25.0 Å². The van der Waals surface area contributed by atoms with Gasteiger partial charge in [0.1, 0.15) is 11.6 Å². The predicted octanol–water partition coefficient (Wildman–Crippen LogP) is 2.54. The Morgan fingerprint density at radius 3 is 2.79 bits per heavy atom. The molecule has 0 radical (unpaired) electrons. The Morgan fingerprint density at radius 1 is 1.11 bits per heavy atom. The summed E-state index contributed by atoms with van der Waals surface area (Å²) in [6.07, 6.45) is 4.07. The summed E-state index contributed by atoms with van der Waals surface area (Å²) in [5.41, 5.74) is 0.838. The average molecular weight is 380 g/mol. The van der Waals surface area contributed by atoms with Gasteiger partial charge >= 0.3 is 0 Å². The van der Waals surface area contributed by atoms with Crippen molar-refractivity contribution in [3.63, 3.8) is 0 Å². The van der Waals surface area contributed by atoms with Crippen LogP contribution in [0.4, 0.5) is 10.2 Å². The number of hydrogen-bond acceptors (Lipinski definition) is 5. The van der Waals surface area contributed by atoms with Crippen LogP contribution in [0.5, 0.6) is 0 Å². The number of piperidine rings is 1. The molecule has 1 saturated heterocycles. The van der Waals surface area contributed by atoms with E-state index in [1.807, 2.05) is 16.6 Å². The minimum absolute atomic E-state index is 0.0535. The van der Waals surface area contributed by atoms with E-state index in [-0.39, 0.29) is 17.5 Å². The van der Waals surface area contributed by atoms with Crippen LogP contribution in [0.15, 0.2) is 36.4 Å². The number of aromatic nitrogens is 4. The number of anilines is 1. The molecule has 5 rings (SSSR count). The highest BCUT2D eigenvalue weighted by Crippen LogP contribution is 2.38. The van der Waals surface area contributed by atoms with Crippen LogP contribution in [-0.2, 0) is 0 Å². The number of hydrogen-bond donors (Lipinski definition) is 1. The smallest absolute Gasteiger partial charge is 0.254 e. The molecule has 0 bridgehead atoms. The summed E-state index contributed by atoms with van der Waals surface area (Å²) < 4.78 is 15.7. The van der Waals surface area contributed by atoms with Crippen molar-refractivity contribution in [3.8, 4) is 0 Å². The summed E-state index contributed by atoms with van der Waals surface area (Å²) in [6, 6.07) is 9.88. The molecular weight excluding hydrogens is 359 g/mol. The second-order valence-corrected chi connectivity index (χ2v) is 7.53. The molecule has 3 aromatic rings. The number of fused-ring (bicyclic) bond motifs is 1. The molecule has 1 saturated carbocycles. The van der Waals surface area contributed by atoms with Gasteiger partial charge in [-0.3, -0.25) is 4.79 Å². The van der Waals surface area contributed by atoms with E-state index in [1.54, 1.807) is 12.1 Å². The largest absolute Gasteiger partial charge is 0.353 e. The first-order chi connectivity index (χ1) is 13.7. The lowest BCUT2D eigenvalue weighted by atomic mass is 10.0. The molecule has 2 aromatic heterocycles. The van der Waals surface area contributed by atoms with E-state index >= 15 is 0 Å². The molecule has 1 aliphatic heterocycles. The molecule has 144 valence electrons. The third-order valence-corrected chi connectivity index (χ3v) is 5.41. The molecular formula is C20H21FN6O. The lowest BCUT2D eigenvalue weighted by Crippen LogP contribution is -2.48. The molecule has 1 aromatic carbocycles. The number of amides is 1. The topological polar surface area (TPSA) is 75.4 Å². The maximum absolute atomic E-state index is 13.9. The van der Waals surface area contributed by atoms with Crippen molar-refractivity contribution in [1.82, 2.24) is 25.1 Å². The van der Waals surface area contributed by atoms with Crippen molar-refractivity contribution in [3.05, 3.63) is 53.6 Å². The van der Waals surface area contributed by atoms with Gasteiger partial charge in [-0.1, -0.05) is 12.1 Å². The molecule has 1 N–H and O–H groups in total. The van der Waals surface area contributed by atoms with Crippen LogP contribution in [0.2, 0.25) is 0 Å². The molecule has 2 aliphatic rings. The third-order valence-electron chi connectivity index (χ3n) is 5.41. The molecule has 3 heterocycles. The first-order valence-electron chi connectivity index (χ1n) is 9.72. The quantitative estimate of drug-likeness (QED) is 0.753. The number of nitrogens with one attached hydrogen (secondary N) is 1. The van der Waals surface area contributed by atoms with Crippen LogP contribution < -0.4 is 10.2 Å². The van der Waals surface area contributed by atoms with E-state index < -0.39 is 5.82 Å². The summed E-state index contributed by atoms with van der Waals surface area (Å²) >= 11 is 0. The number of nitrogens with zero attached hydrogens (tertiary/aromatic N) is 5. The van der Waals surface area contributed by atoms with Gasteiger partial charge in [0.25, 0.3) is 5.91 Å². The molecule has 2 fully saturated rings. The molecule has 1 unspecified atom stereocenters. The number of benzene rings is 1. The van der Waals surface area contributed by atoms with Crippen molar-refractivity contribution in [2.75, 3.05) is 18.0 Å². The molecule has 1 atom stereocenters. The van der Waals surface area contributed by atoms with E-state index in [0.717, 1.165) is 49.5 Å². The molecule has 28 heavy (non-hydrogen) atoms. The van der Waals surface area contributed by atoms with Crippen molar-refractivity contribution in [1.29, 1.82) is 0 Å². The van der Waals surface area contributed by atoms with Gasteiger partial charge in [0.15, 0.2) is 11.5 Å². The monoisotopic (exact) mass is 380 g/mol. The first kappa shape index (κ1) is 17.1.